The second-order valence-corrected chi connectivity index (χ2v) is 7.43. The number of carbonyl (C=O) groups excluding carboxylic acids is 2. The molecule has 1 aromatic carbocycles. The van der Waals surface area contributed by atoms with E-state index in [1.54, 1.807) is 10.3 Å². The van der Waals surface area contributed by atoms with E-state index in [4.69, 9.17) is 0 Å². The molecular weight excluding hydrogens is 358 g/mol. The third-order valence-corrected chi connectivity index (χ3v) is 4.43. The van der Waals surface area contributed by atoms with Gasteiger partial charge in [0.1, 0.15) is 5.01 Å². The quantitative estimate of drug-likeness (QED) is 0.450. The number of nitrogens with zero attached hydrogens (tertiary/aromatic N) is 3. The van der Waals surface area contributed by atoms with Crippen LogP contribution >= 0.6 is 11.3 Å². The van der Waals surface area contributed by atoms with Crippen molar-refractivity contribution in [2.45, 2.75) is 32.9 Å². The lowest BCUT2D eigenvalue weighted by molar-refractivity contribution is -0.384. The van der Waals surface area contributed by atoms with Gasteiger partial charge in [0.15, 0.2) is 5.69 Å². The molecule has 0 atom stereocenters. The summed E-state index contributed by atoms with van der Waals surface area (Å²) < 4.78 is 4.64. The van der Waals surface area contributed by atoms with E-state index in [2.05, 4.69) is 9.72 Å². The van der Waals surface area contributed by atoms with E-state index in [-0.39, 0.29) is 29.4 Å². The number of benzene rings is 1. The highest BCUT2D eigenvalue weighted by atomic mass is 32.1. The number of methoxy groups -OCH3 is 1. The Labute approximate surface area is 154 Å². The van der Waals surface area contributed by atoms with Crippen LogP contribution in [0.4, 0.5) is 5.69 Å². The second-order valence-electron chi connectivity index (χ2n) is 6.49. The van der Waals surface area contributed by atoms with Crippen molar-refractivity contribution in [2.75, 3.05) is 7.11 Å². The zero-order chi connectivity index (χ0) is 19.5. The minimum Gasteiger partial charge on any atom is -0.464 e. The minimum atomic E-state index is -0.557. The summed E-state index contributed by atoms with van der Waals surface area (Å²) in [5.41, 5.74) is -0.298. The molecule has 1 amide bonds. The lowest BCUT2D eigenvalue weighted by Gasteiger charge is -2.35. The maximum atomic E-state index is 13.0. The van der Waals surface area contributed by atoms with Gasteiger partial charge in [0.25, 0.3) is 11.6 Å². The van der Waals surface area contributed by atoms with Crippen molar-refractivity contribution >= 4 is 28.9 Å². The predicted octanol–water partition coefficient (Wildman–Crippen LogP) is 3.28. The molecule has 0 aliphatic rings. The zero-order valence-electron chi connectivity index (χ0n) is 14.9. The molecule has 0 aliphatic heterocycles. The van der Waals surface area contributed by atoms with Crippen molar-refractivity contribution < 1.29 is 19.2 Å². The summed E-state index contributed by atoms with van der Waals surface area (Å²) in [6.07, 6.45) is 0. The Bertz CT molecular complexity index is 841. The highest BCUT2D eigenvalue weighted by Crippen LogP contribution is 2.24. The largest absolute Gasteiger partial charge is 0.464 e. The van der Waals surface area contributed by atoms with Crippen molar-refractivity contribution in [1.82, 2.24) is 9.88 Å². The molecule has 2 rings (SSSR count). The first-order valence-corrected chi connectivity index (χ1v) is 8.60. The standard InChI is InChI=1S/C17H19N3O5S/c1-17(2,3)19(9-14-18-13(10-26-14)16(22)25-4)15(21)11-6-5-7-12(8-11)20(23)24/h5-8,10H,9H2,1-4H3. The molecule has 2 aromatic rings. The average Bonchev–Trinajstić information content (AvgIpc) is 3.06. The van der Waals surface area contributed by atoms with Crippen LogP contribution in [-0.4, -0.2) is 39.3 Å². The van der Waals surface area contributed by atoms with E-state index < -0.39 is 16.4 Å². The van der Waals surface area contributed by atoms with Crippen LogP contribution in [0.2, 0.25) is 0 Å². The molecule has 1 heterocycles. The number of thiazole rings is 1. The molecule has 9 heteroatoms. The van der Waals surface area contributed by atoms with Gasteiger partial charge in [-0.15, -0.1) is 11.3 Å². The molecule has 0 spiro atoms. The molecule has 0 bridgehead atoms. The fraction of sp³-hybridized carbons (Fsp3) is 0.353. The van der Waals surface area contributed by atoms with Crippen LogP contribution in [0.5, 0.6) is 0 Å². The highest BCUT2D eigenvalue weighted by Gasteiger charge is 2.29. The Morgan fingerprint density at radius 3 is 2.62 bits per heavy atom. The third-order valence-electron chi connectivity index (χ3n) is 3.60. The van der Waals surface area contributed by atoms with Gasteiger partial charge in [-0.25, -0.2) is 9.78 Å². The number of rotatable bonds is 5. The number of hydrogen-bond donors (Lipinski definition) is 0. The van der Waals surface area contributed by atoms with E-state index in [0.29, 0.717) is 5.01 Å². The summed E-state index contributed by atoms with van der Waals surface area (Å²) in [5.74, 6) is -0.893. The molecule has 0 N–H and O–H groups in total. The maximum Gasteiger partial charge on any atom is 0.357 e. The van der Waals surface area contributed by atoms with Crippen LogP contribution in [0, 0.1) is 10.1 Å². The Hall–Kier alpha value is -2.81. The van der Waals surface area contributed by atoms with E-state index in [0.717, 1.165) is 0 Å². The first kappa shape index (κ1) is 19.5. The Balaban J connectivity index is 2.32. The highest BCUT2D eigenvalue weighted by molar-refractivity contribution is 7.09. The van der Waals surface area contributed by atoms with E-state index >= 15 is 0 Å². The number of non-ortho nitro benzene ring substituents is 1. The molecule has 0 fully saturated rings. The first-order valence-electron chi connectivity index (χ1n) is 7.72. The molecule has 0 unspecified atom stereocenters. The summed E-state index contributed by atoms with van der Waals surface area (Å²) >= 11 is 1.24. The molecule has 0 radical (unpaired) electrons. The Kier molecular flexibility index (Phi) is 5.71. The van der Waals surface area contributed by atoms with Crippen molar-refractivity contribution in [3.8, 4) is 0 Å². The van der Waals surface area contributed by atoms with Gasteiger partial charge in [-0.2, -0.15) is 0 Å². The lowest BCUT2D eigenvalue weighted by atomic mass is 10.0. The van der Waals surface area contributed by atoms with Gasteiger partial charge in [0, 0.05) is 28.6 Å². The summed E-state index contributed by atoms with van der Waals surface area (Å²) in [7, 11) is 1.27. The summed E-state index contributed by atoms with van der Waals surface area (Å²) in [4.78, 5) is 40.7. The number of hydrogen-bond acceptors (Lipinski definition) is 7. The van der Waals surface area contributed by atoms with E-state index in [9.17, 15) is 19.7 Å². The number of aromatic nitrogens is 1. The fourth-order valence-corrected chi connectivity index (χ4v) is 2.99. The van der Waals surface area contributed by atoms with Crippen molar-refractivity contribution in [2.24, 2.45) is 0 Å². The van der Waals surface area contributed by atoms with Gasteiger partial charge in [0.05, 0.1) is 18.6 Å². The molecule has 1 aromatic heterocycles. The van der Waals surface area contributed by atoms with Crippen molar-refractivity contribution in [1.29, 1.82) is 0 Å². The topological polar surface area (TPSA) is 103 Å². The minimum absolute atomic E-state index is 0.146. The van der Waals surface area contributed by atoms with Crippen LogP contribution < -0.4 is 0 Å². The number of nitro groups is 1. The van der Waals surface area contributed by atoms with Gasteiger partial charge in [-0.3, -0.25) is 14.9 Å². The number of carbonyl (C=O) groups is 2. The average molecular weight is 377 g/mol. The normalized spacial score (nSPS) is 11.1. The fourth-order valence-electron chi connectivity index (χ4n) is 2.24. The summed E-state index contributed by atoms with van der Waals surface area (Å²) in [5, 5.41) is 13.1. The third kappa shape index (κ3) is 4.42. The monoisotopic (exact) mass is 377 g/mol. The predicted molar refractivity (Wildman–Crippen MR) is 96.2 cm³/mol. The Morgan fingerprint density at radius 2 is 2.04 bits per heavy atom. The van der Waals surface area contributed by atoms with Crippen LogP contribution in [0.3, 0.4) is 0 Å². The molecule has 0 saturated carbocycles. The smallest absolute Gasteiger partial charge is 0.357 e. The summed E-state index contributed by atoms with van der Waals surface area (Å²) in [6.45, 7) is 5.75. The first-order chi connectivity index (χ1) is 12.1. The number of ether oxygens (including phenoxy) is 1. The number of nitro benzene ring substituents is 1. The van der Waals surface area contributed by atoms with Gasteiger partial charge in [0.2, 0.25) is 0 Å². The number of amides is 1. The molecule has 8 nitrogen and oxygen atoms in total. The van der Waals surface area contributed by atoms with Gasteiger partial charge < -0.3 is 9.64 Å². The van der Waals surface area contributed by atoms with Crippen LogP contribution in [0.1, 0.15) is 46.6 Å². The number of esters is 1. The van der Waals surface area contributed by atoms with Gasteiger partial charge in [-0.05, 0) is 26.8 Å². The maximum absolute atomic E-state index is 13.0. The lowest BCUT2D eigenvalue weighted by Crippen LogP contribution is -2.45. The molecule has 138 valence electrons. The molecule has 0 aliphatic carbocycles. The second kappa shape index (κ2) is 7.61. The van der Waals surface area contributed by atoms with E-state index in [1.807, 2.05) is 20.8 Å². The van der Waals surface area contributed by atoms with Crippen molar-refractivity contribution in [3.05, 3.63) is 56.0 Å². The SMILES string of the molecule is COC(=O)c1csc(CN(C(=O)c2cccc([N+](=O)[O-])c2)C(C)(C)C)n1. The van der Waals surface area contributed by atoms with Crippen molar-refractivity contribution in [3.63, 3.8) is 0 Å². The zero-order valence-corrected chi connectivity index (χ0v) is 15.7. The molecule has 26 heavy (non-hydrogen) atoms. The molecule has 0 saturated heterocycles. The van der Waals surface area contributed by atoms with Crippen LogP contribution in [-0.2, 0) is 11.3 Å². The van der Waals surface area contributed by atoms with Gasteiger partial charge >= 0.3 is 5.97 Å². The van der Waals surface area contributed by atoms with Crippen LogP contribution in [0.15, 0.2) is 29.6 Å². The van der Waals surface area contributed by atoms with E-state index in [1.165, 1.54) is 42.7 Å². The summed E-state index contributed by atoms with van der Waals surface area (Å²) in [6, 6.07) is 5.60. The van der Waals surface area contributed by atoms with Crippen LogP contribution in [0.25, 0.3) is 0 Å². The van der Waals surface area contributed by atoms with Gasteiger partial charge in [-0.1, -0.05) is 6.07 Å². The molecular formula is C17H19N3O5S. The Morgan fingerprint density at radius 1 is 1.35 bits per heavy atom.